The zero-order chi connectivity index (χ0) is 28.5. The third-order valence-corrected chi connectivity index (χ3v) is 7.32. The molecule has 0 bridgehead atoms. The molecule has 2 N–H and O–H groups in total. The number of benzene rings is 3. The van der Waals surface area contributed by atoms with Gasteiger partial charge in [0.05, 0.1) is 23.0 Å². The van der Waals surface area contributed by atoms with Crippen molar-refractivity contribution in [2.45, 2.75) is 19.9 Å². The average molecular weight is 547 g/mol. The zero-order valence-electron chi connectivity index (χ0n) is 22.9. The fraction of sp³-hybridized carbons (Fsp3) is 0.152. The molecule has 0 saturated heterocycles. The first-order chi connectivity index (χ1) is 19.9. The average Bonchev–Trinajstić information content (AvgIpc) is 3.76. The van der Waals surface area contributed by atoms with Gasteiger partial charge in [-0.3, -0.25) is 10.4 Å². The van der Waals surface area contributed by atoms with Gasteiger partial charge in [-0.05, 0) is 86.2 Å². The third-order valence-electron chi connectivity index (χ3n) is 7.32. The number of hydrogen-bond donors (Lipinski definition) is 2. The number of aliphatic carboxylic acids is 1. The van der Waals surface area contributed by atoms with Crippen LogP contribution in [0.15, 0.2) is 106 Å². The van der Waals surface area contributed by atoms with Crippen molar-refractivity contribution in [3.8, 4) is 11.5 Å². The minimum atomic E-state index is -1.12. The number of rotatable bonds is 9. The van der Waals surface area contributed by atoms with Crippen LogP contribution in [0.3, 0.4) is 0 Å². The summed E-state index contributed by atoms with van der Waals surface area (Å²) in [6.45, 7) is 9.78. The van der Waals surface area contributed by atoms with Crippen LogP contribution in [0.4, 0.5) is 11.4 Å². The molecular weight excluding hydrogens is 516 g/mol. The fourth-order valence-corrected chi connectivity index (χ4v) is 5.06. The van der Waals surface area contributed by atoms with E-state index in [1.165, 1.54) is 5.69 Å². The lowest BCUT2D eigenvalue weighted by Gasteiger charge is -2.28. The monoisotopic (exact) mass is 546 g/mol. The second-order valence-electron chi connectivity index (χ2n) is 9.75. The topological polar surface area (TPSA) is 95.0 Å². The summed E-state index contributed by atoms with van der Waals surface area (Å²) in [5.41, 5.74) is 9.74. The Bertz CT molecular complexity index is 1710. The van der Waals surface area contributed by atoms with Gasteiger partial charge < -0.3 is 18.8 Å². The smallest absolute Gasteiger partial charge is 0.338 e. The number of aromatic nitrogens is 1. The van der Waals surface area contributed by atoms with Gasteiger partial charge >= 0.3 is 5.97 Å². The van der Waals surface area contributed by atoms with Gasteiger partial charge in [-0.25, -0.2) is 9.78 Å². The summed E-state index contributed by atoms with van der Waals surface area (Å²) in [5.74, 6) is 0.191. The molecule has 41 heavy (non-hydrogen) atoms. The Labute approximate surface area is 237 Å². The van der Waals surface area contributed by atoms with E-state index in [-0.39, 0.29) is 17.4 Å². The van der Waals surface area contributed by atoms with E-state index in [9.17, 15) is 9.90 Å². The van der Waals surface area contributed by atoms with Crippen molar-refractivity contribution in [3.05, 3.63) is 115 Å². The quantitative estimate of drug-likeness (QED) is 0.188. The molecule has 8 nitrogen and oxygen atoms in total. The molecular formula is C33H30N4O4. The molecule has 3 aromatic carbocycles. The summed E-state index contributed by atoms with van der Waals surface area (Å²) in [4.78, 5) is 18.3. The van der Waals surface area contributed by atoms with Gasteiger partial charge in [-0.15, -0.1) is 0 Å². The molecule has 1 aliphatic rings. The Morgan fingerprint density at radius 3 is 2.39 bits per heavy atom. The number of hydrazine groups is 1. The highest BCUT2D eigenvalue weighted by atomic mass is 16.4. The predicted octanol–water partition coefficient (Wildman–Crippen LogP) is 7.14. The summed E-state index contributed by atoms with van der Waals surface area (Å²) < 4.78 is 11.8. The molecule has 2 aromatic heterocycles. The highest BCUT2D eigenvalue weighted by molar-refractivity contribution is 6.13. The predicted molar refractivity (Wildman–Crippen MR) is 161 cm³/mol. The molecule has 8 heteroatoms. The van der Waals surface area contributed by atoms with Gasteiger partial charge in [0, 0.05) is 24.3 Å². The lowest BCUT2D eigenvalue weighted by molar-refractivity contribution is -0.130. The maximum absolute atomic E-state index is 11.4. The van der Waals surface area contributed by atoms with Crippen LogP contribution in [-0.4, -0.2) is 29.1 Å². The van der Waals surface area contributed by atoms with E-state index in [0.29, 0.717) is 11.7 Å². The van der Waals surface area contributed by atoms with Crippen LogP contribution in [0.25, 0.3) is 33.8 Å². The van der Waals surface area contributed by atoms with Crippen LogP contribution in [0.2, 0.25) is 0 Å². The maximum Gasteiger partial charge on any atom is 0.338 e. The number of oxazole rings is 1. The minimum absolute atomic E-state index is 0.0926. The SMILES string of the molecule is C=C(C(=O)O)c1ccc(C2=CC(c3ccc(N(CC)CC)cc3)N(c3ccc(-c4nc5ccccc5o4)cc3)N2)o1. The van der Waals surface area contributed by atoms with Gasteiger partial charge in [0.25, 0.3) is 0 Å². The van der Waals surface area contributed by atoms with Crippen LogP contribution in [0.5, 0.6) is 0 Å². The van der Waals surface area contributed by atoms with Crippen LogP contribution in [0, 0.1) is 0 Å². The largest absolute Gasteiger partial charge is 0.478 e. The Balaban J connectivity index is 1.33. The summed E-state index contributed by atoms with van der Waals surface area (Å²) >= 11 is 0. The van der Waals surface area contributed by atoms with Gasteiger partial charge in [-0.2, -0.15) is 0 Å². The molecule has 0 fully saturated rings. The number of carboxylic acids is 1. The van der Waals surface area contributed by atoms with Crippen LogP contribution in [0.1, 0.15) is 37.0 Å². The number of hydrogen-bond acceptors (Lipinski definition) is 7. The molecule has 206 valence electrons. The summed E-state index contributed by atoms with van der Waals surface area (Å²) in [6, 6.07) is 27.5. The molecule has 5 aromatic rings. The molecule has 6 rings (SSSR count). The lowest BCUT2D eigenvalue weighted by Crippen LogP contribution is -2.33. The zero-order valence-corrected chi connectivity index (χ0v) is 22.9. The first-order valence-corrected chi connectivity index (χ1v) is 13.6. The van der Waals surface area contributed by atoms with E-state index >= 15 is 0 Å². The van der Waals surface area contributed by atoms with Crippen molar-refractivity contribution in [1.82, 2.24) is 10.4 Å². The van der Waals surface area contributed by atoms with Crippen LogP contribution >= 0.6 is 0 Å². The molecule has 0 amide bonds. The van der Waals surface area contributed by atoms with E-state index in [1.54, 1.807) is 12.1 Å². The van der Waals surface area contributed by atoms with Crippen molar-refractivity contribution in [1.29, 1.82) is 0 Å². The highest BCUT2D eigenvalue weighted by Crippen LogP contribution is 2.37. The molecule has 1 aliphatic heterocycles. The molecule has 1 atom stereocenters. The number of fused-ring (bicyclic) bond motifs is 1. The third kappa shape index (κ3) is 4.96. The maximum atomic E-state index is 11.4. The Morgan fingerprint density at radius 2 is 1.71 bits per heavy atom. The van der Waals surface area contributed by atoms with Crippen molar-refractivity contribution < 1.29 is 18.7 Å². The van der Waals surface area contributed by atoms with Crippen molar-refractivity contribution in [2.24, 2.45) is 0 Å². The molecule has 1 unspecified atom stereocenters. The van der Waals surface area contributed by atoms with E-state index in [1.807, 2.05) is 48.5 Å². The van der Waals surface area contributed by atoms with E-state index in [2.05, 4.69) is 71.1 Å². The number of para-hydroxylation sites is 2. The summed E-state index contributed by atoms with van der Waals surface area (Å²) in [6.07, 6.45) is 2.08. The second kappa shape index (κ2) is 10.7. The number of anilines is 2. The van der Waals surface area contributed by atoms with Crippen molar-refractivity contribution in [3.63, 3.8) is 0 Å². The van der Waals surface area contributed by atoms with Gasteiger partial charge in [0.1, 0.15) is 11.3 Å². The summed E-state index contributed by atoms with van der Waals surface area (Å²) in [5, 5.41) is 11.4. The Morgan fingerprint density at radius 1 is 0.976 bits per heavy atom. The highest BCUT2D eigenvalue weighted by Gasteiger charge is 2.29. The van der Waals surface area contributed by atoms with Gasteiger partial charge in [0.15, 0.2) is 11.3 Å². The normalized spacial score (nSPS) is 14.6. The first-order valence-electron chi connectivity index (χ1n) is 13.6. The van der Waals surface area contributed by atoms with E-state index < -0.39 is 5.97 Å². The number of nitrogens with one attached hydrogen (secondary N) is 1. The molecule has 0 radical (unpaired) electrons. The lowest BCUT2D eigenvalue weighted by atomic mass is 10.0. The number of carboxylic acid groups (broad SMARTS) is 1. The van der Waals surface area contributed by atoms with Crippen molar-refractivity contribution in [2.75, 3.05) is 23.0 Å². The molecule has 0 aliphatic carbocycles. The number of furan rings is 1. The summed E-state index contributed by atoms with van der Waals surface area (Å²) in [7, 11) is 0. The standard InChI is InChI=1S/C33H30N4O4/c1-4-36(5-2)24-14-10-22(11-15-24)28-20-27(31-19-18-29(40-31)21(3)33(38)39)35-37(28)25-16-12-23(13-17-25)32-34-26-8-6-7-9-30(26)41-32/h6-20,28,35H,3-5H2,1-2H3,(H,38,39). The second-order valence-corrected chi connectivity index (χ2v) is 9.75. The van der Waals surface area contributed by atoms with Crippen molar-refractivity contribution >= 4 is 39.7 Å². The van der Waals surface area contributed by atoms with Gasteiger partial charge in [-0.1, -0.05) is 30.8 Å². The fourth-order valence-electron chi connectivity index (χ4n) is 5.06. The molecule has 0 saturated carbocycles. The number of nitrogens with zero attached hydrogens (tertiary/aromatic N) is 3. The molecule has 0 spiro atoms. The van der Waals surface area contributed by atoms with Crippen LogP contribution in [-0.2, 0) is 4.79 Å². The van der Waals surface area contributed by atoms with E-state index in [0.717, 1.165) is 46.7 Å². The van der Waals surface area contributed by atoms with Crippen LogP contribution < -0.4 is 15.3 Å². The first kappa shape index (κ1) is 26.0. The number of carbonyl (C=O) groups is 1. The Hall–Kier alpha value is -5.24. The van der Waals surface area contributed by atoms with Gasteiger partial charge in [0.2, 0.25) is 5.89 Å². The minimum Gasteiger partial charge on any atom is -0.478 e. The Kier molecular flexibility index (Phi) is 6.81. The van der Waals surface area contributed by atoms with E-state index in [4.69, 9.17) is 8.83 Å². The molecule has 3 heterocycles.